The van der Waals surface area contributed by atoms with Crippen molar-refractivity contribution in [2.45, 2.75) is 129 Å². The van der Waals surface area contributed by atoms with Gasteiger partial charge in [-0.25, -0.2) is 9.59 Å². The average Bonchev–Trinajstić information content (AvgIpc) is 3.16. The number of carbonyl (C=O) groups excluding carboxylic acids is 5. The van der Waals surface area contributed by atoms with Gasteiger partial charge in [-0.2, -0.15) is 0 Å². The maximum Gasteiger partial charge on any atom is 0.338 e. The summed E-state index contributed by atoms with van der Waals surface area (Å²) in [5.74, 6) is -5.25. The van der Waals surface area contributed by atoms with E-state index >= 15 is 4.79 Å². The largest absolute Gasteiger partial charge is 0.456 e. The molecule has 4 N–H and O–H groups in total. The van der Waals surface area contributed by atoms with Crippen molar-refractivity contribution in [2.24, 2.45) is 22.2 Å². The van der Waals surface area contributed by atoms with Gasteiger partial charge in [0.15, 0.2) is 17.5 Å². The molecule has 1 heterocycles. The number of methoxy groups -OCH3 is 1. The number of Topliss-reactive ketones (excluding diaryl/α,β-unsaturated/α-hetero) is 1. The fourth-order valence-corrected chi connectivity index (χ4v) is 10.1. The van der Waals surface area contributed by atoms with E-state index in [4.69, 9.17) is 23.7 Å². The molecule has 3 fully saturated rings. The van der Waals surface area contributed by atoms with Crippen molar-refractivity contribution >= 4 is 29.6 Å². The lowest BCUT2D eigenvalue weighted by atomic mass is 9.44. The van der Waals surface area contributed by atoms with Crippen LogP contribution in [0.4, 0.5) is 0 Å². The van der Waals surface area contributed by atoms with Gasteiger partial charge in [0.25, 0.3) is 0 Å². The van der Waals surface area contributed by atoms with E-state index < -0.39 is 101 Å². The van der Waals surface area contributed by atoms with Crippen LogP contribution in [0.2, 0.25) is 0 Å². The Balaban J connectivity index is 1.50. The molecule has 320 valence electrons. The van der Waals surface area contributed by atoms with Crippen LogP contribution in [0.3, 0.4) is 0 Å². The highest BCUT2D eigenvalue weighted by molar-refractivity contribution is 5.94. The van der Waals surface area contributed by atoms with Crippen LogP contribution in [0.25, 0.3) is 0 Å². The maximum atomic E-state index is 15.0. The van der Waals surface area contributed by atoms with Crippen LogP contribution in [0.15, 0.2) is 71.8 Å². The van der Waals surface area contributed by atoms with Crippen LogP contribution >= 0.6 is 0 Å². The number of aliphatic hydroxyl groups is 3. The number of ketones is 1. The van der Waals surface area contributed by atoms with E-state index in [0.29, 0.717) is 5.56 Å². The zero-order valence-corrected chi connectivity index (χ0v) is 35.1. The summed E-state index contributed by atoms with van der Waals surface area (Å²) in [6, 6.07) is 15.7. The van der Waals surface area contributed by atoms with Crippen molar-refractivity contribution in [1.82, 2.24) is 5.32 Å². The molecular formula is C45H57NO13. The minimum Gasteiger partial charge on any atom is -0.456 e. The predicted molar refractivity (Wildman–Crippen MR) is 211 cm³/mol. The number of carbonyl (C=O) groups is 5. The molecule has 6 rings (SSSR count). The van der Waals surface area contributed by atoms with Crippen molar-refractivity contribution in [3.63, 3.8) is 0 Å². The Morgan fingerprint density at radius 3 is 2.12 bits per heavy atom. The predicted octanol–water partition coefficient (Wildman–Crippen LogP) is 3.94. The number of fused-ring (bicyclic) bond motifs is 5. The molecule has 2 bridgehead atoms. The van der Waals surface area contributed by atoms with Crippen LogP contribution in [0, 0.1) is 22.2 Å². The zero-order valence-electron chi connectivity index (χ0n) is 35.1. The molecule has 3 aliphatic carbocycles. The number of ether oxygens (including phenoxy) is 5. The summed E-state index contributed by atoms with van der Waals surface area (Å²) in [6.45, 7) is 12.8. The molecule has 2 saturated carbocycles. The first kappa shape index (κ1) is 44.1. The Morgan fingerprint density at radius 2 is 1.58 bits per heavy atom. The Labute approximate surface area is 344 Å². The number of nitrogens with one attached hydrogen (secondary N) is 1. The van der Waals surface area contributed by atoms with E-state index in [2.05, 4.69) is 5.32 Å². The second kappa shape index (κ2) is 15.9. The van der Waals surface area contributed by atoms with Gasteiger partial charge in [-0.3, -0.25) is 14.4 Å². The standard InChI is InChI=1S/C45H57NO13/c1-24-28(57-40(53)35(55-9)33(26-16-12-10-13-17-26)46-31(49)22-41(3,4)5)21-45(54)38(58-39(52)27-18-14-11-15-19-27)36-43(8,37(51)34(50)32(24)42(45,6)7)29(48)20-30-44(36,23-56-30)59-25(2)47/h10-19,28-30,33-36,38,48,50,54H,20-23H2,1-9H3,(H,46,49)/t28-,29-,30?,33-,34+,35+,36-,38-,43+,44-,45+/m0/s1. The lowest BCUT2D eigenvalue weighted by Gasteiger charge is -2.67. The van der Waals surface area contributed by atoms with E-state index in [9.17, 15) is 34.5 Å². The summed E-state index contributed by atoms with van der Waals surface area (Å²) >= 11 is 0. The van der Waals surface area contributed by atoms with E-state index in [1.807, 2.05) is 20.8 Å². The first-order valence-corrected chi connectivity index (χ1v) is 20.0. The maximum absolute atomic E-state index is 15.0. The first-order chi connectivity index (χ1) is 27.5. The summed E-state index contributed by atoms with van der Waals surface area (Å²) in [5, 5.41) is 40.6. The fraction of sp³-hybridized carbons (Fsp3) is 0.578. The van der Waals surface area contributed by atoms with Gasteiger partial charge in [0.1, 0.15) is 30.0 Å². The molecule has 1 unspecified atom stereocenters. The molecule has 2 aromatic rings. The van der Waals surface area contributed by atoms with Crippen molar-refractivity contribution in [3.05, 3.63) is 82.9 Å². The van der Waals surface area contributed by atoms with Crippen LogP contribution in [0.5, 0.6) is 0 Å². The molecule has 1 saturated heterocycles. The van der Waals surface area contributed by atoms with E-state index in [0.717, 1.165) is 0 Å². The Hall–Kier alpha value is -4.47. The van der Waals surface area contributed by atoms with Gasteiger partial charge in [0.05, 0.1) is 35.6 Å². The molecule has 2 aromatic carbocycles. The third-order valence-electron chi connectivity index (χ3n) is 13.1. The number of amides is 1. The van der Waals surface area contributed by atoms with Gasteiger partial charge in [-0.05, 0) is 48.1 Å². The monoisotopic (exact) mass is 819 g/mol. The Kier molecular flexibility index (Phi) is 11.8. The summed E-state index contributed by atoms with van der Waals surface area (Å²) in [6.07, 6.45) is -9.42. The van der Waals surface area contributed by atoms with E-state index in [-0.39, 0.29) is 47.5 Å². The number of aliphatic hydroxyl groups excluding tert-OH is 2. The molecule has 1 aliphatic heterocycles. The van der Waals surface area contributed by atoms with E-state index in [1.165, 1.54) is 33.1 Å². The van der Waals surface area contributed by atoms with Gasteiger partial charge in [-0.15, -0.1) is 0 Å². The normalized spacial score (nSPS) is 33.4. The van der Waals surface area contributed by atoms with Gasteiger partial charge in [-0.1, -0.05) is 83.1 Å². The Morgan fingerprint density at radius 1 is 0.966 bits per heavy atom. The van der Waals surface area contributed by atoms with Crippen LogP contribution < -0.4 is 5.32 Å². The van der Waals surface area contributed by atoms with Crippen LogP contribution in [-0.4, -0.2) is 106 Å². The average molecular weight is 820 g/mol. The fourth-order valence-electron chi connectivity index (χ4n) is 10.1. The quantitative estimate of drug-likeness (QED) is 0.153. The number of hydrogen-bond donors (Lipinski definition) is 4. The lowest BCUT2D eigenvalue weighted by Crippen LogP contribution is -2.81. The topological polar surface area (TPSA) is 204 Å². The molecular weight excluding hydrogens is 762 g/mol. The first-order valence-electron chi connectivity index (χ1n) is 20.0. The second-order valence-corrected chi connectivity index (χ2v) is 18.4. The van der Waals surface area contributed by atoms with Crippen molar-refractivity contribution in [3.8, 4) is 0 Å². The smallest absolute Gasteiger partial charge is 0.338 e. The summed E-state index contributed by atoms with van der Waals surface area (Å²) in [7, 11) is 1.30. The summed E-state index contributed by atoms with van der Waals surface area (Å²) < 4.78 is 30.3. The molecule has 11 atom stereocenters. The third kappa shape index (κ3) is 7.51. The highest BCUT2D eigenvalue weighted by Crippen LogP contribution is 2.64. The second-order valence-electron chi connectivity index (χ2n) is 18.4. The molecule has 59 heavy (non-hydrogen) atoms. The van der Waals surface area contributed by atoms with Crippen molar-refractivity contribution in [1.29, 1.82) is 0 Å². The molecule has 0 spiro atoms. The van der Waals surface area contributed by atoms with Crippen molar-refractivity contribution < 1.29 is 63.0 Å². The SMILES string of the molecule is CO[C@@H](C(=O)O[C@H]1C[C@@]2(O)[C@@H](OC(=O)c3ccccc3)[C@H]3[C@](C)(C(=O)[C@H](O)C(=C1C)C2(C)C)[C@@H](O)CC1OC[C@]13OC(C)=O)[C@@H](NC(=O)CC(C)(C)C)c1ccccc1. The van der Waals surface area contributed by atoms with Gasteiger partial charge >= 0.3 is 17.9 Å². The minimum absolute atomic E-state index is 0.00209. The van der Waals surface area contributed by atoms with Gasteiger partial charge in [0, 0.05) is 38.7 Å². The molecule has 14 heteroatoms. The lowest BCUT2D eigenvalue weighted by molar-refractivity contribution is -0.346. The number of rotatable bonds is 10. The number of benzene rings is 2. The molecule has 0 aromatic heterocycles. The van der Waals surface area contributed by atoms with Crippen molar-refractivity contribution in [2.75, 3.05) is 13.7 Å². The van der Waals surface area contributed by atoms with Crippen LogP contribution in [-0.2, 0) is 42.9 Å². The molecule has 1 amide bonds. The zero-order chi connectivity index (χ0) is 43.5. The third-order valence-corrected chi connectivity index (χ3v) is 13.1. The summed E-state index contributed by atoms with van der Waals surface area (Å²) in [5.41, 5.74) is -7.02. The Bertz CT molecular complexity index is 1990. The van der Waals surface area contributed by atoms with Crippen LogP contribution in [0.1, 0.15) is 96.6 Å². The summed E-state index contributed by atoms with van der Waals surface area (Å²) in [4.78, 5) is 69.9. The molecule has 14 nitrogen and oxygen atoms in total. The van der Waals surface area contributed by atoms with Gasteiger partial charge in [0.2, 0.25) is 5.91 Å². The molecule has 0 radical (unpaired) electrons. The van der Waals surface area contributed by atoms with E-state index in [1.54, 1.807) is 69.3 Å². The highest BCUT2D eigenvalue weighted by atomic mass is 16.6. The number of hydrogen-bond acceptors (Lipinski definition) is 13. The van der Waals surface area contributed by atoms with Gasteiger partial charge < -0.3 is 44.3 Å². The minimum atomic E-state index is -2.29. The highest BCUT2D eigenvalue weighted by Gasteiger charge is 2.78. The number of esters is 3. The molecule has 4 aliphatic rings.